The van der Waals surface area contributed by atoms with Gasteiger partial charge in [0, 0.05) is 25.2 Å². The lowest BCUT2D eigenvalue weighted by Gasteiger charge is -2.21. The molecule has 2 amide bonds. The SMILES string of the molecule is CCN(Cc1ccccc1)C(=O)c1cc(C(=O)N[C@H]2CCc3c2ccc(C(=O)O)c3C)n2nccc2n1. The van der Waals surface area contributed by atoms with Crippen LogP contribution >= 0.6 is 0 Å². The van der Waals surface area contributed by atoms with E-state index in [9.17, 15) is 19.5 Å². The molecule has 2 aromatic heterocycles. The summed E-state index contributed by atoms with van der Waals surface area (Å²) in [5.74, 6) is -1.61. The van der Waals surface area contributed by atoms with Crippen LogP contribution in [0.25, 0.3) is 5.65 Å². The molecular formula is C28H27N5O4. The number of amides is 2. The Morgan fingerprint density at radius 1 is 1.14 bits per heavy atom. The van der Waals surface area contributed by atoms with E-state index >= 15 is 0 Å². The average Bonchev–Trinajstić information content (AvgIpc) is 3.54. The topological polar surface area (TPSA) is 117 Å². The molecule has 1 aliphatic carbocycles. The predicted molar refractivity (Wildman–Crippen MR) is 137 cm³/mol. The number of nitrogens with one attached hydrogen (secondary N) is 1. The van der Waals surface area contributed by atoms with Gasteiger partial charge in [0.25, 0.3) is 11.8 Å². The molecule has 0 spiro atoms. The van der Waals surface area contributed by atoms with Crippen molar-refractivity contribution in [1.29, 1.82) is 0 Å². The Hall–Kier alpha value is -4.53. The van der Waals surface area contributed by atoms with E-state index < -0.39 is 5.97 Å². The number of carboxylic acid groups (broad SMARTS) is 1. The molecule has 0 bridgehead atoms. The highest BCUT2D eigenvalue weighted by molar-refractivity contribution is 5.98. The summed E-state index contributed by atoms with van der Waals surface area (Å²) in [5.41, 5.74) is 4.66. The van der Waals surface area contributed by atoms with Crippen LogP contribution in [0.15, 0.2) is 60.8 Å². The Balaban J connectivity index is 1.43. The molecule has 0 fully saturated rings. The third-order valence-electron chi connectivity index (χ3n) is 6.93. The van der Waals surface area contributed by atoms with Gasteiger partial charge < -0.3 is 15.3 Å². The van der Waals surface area contributed by atoms with Crippen molar-refractivity contribution < 1.29 is 19.5 Å². The minimum absolute atomic E-state index is 0.171. The Kier molecular flexibility index (Phi) is 6.43. The first kappa shape index (κ1) is 24.2. The lowest BCUT2D eigenvalue weighted by atomic mass is 9.98. The molecule has 4 aromatic rings. The first-order chi connectivity index (χ1) is 17.9. The summed E-state index contributed by atoms with van der Waals surface area (Å²) < 4.78 is 1.42. The monoisotopic (exact) mass is 497 g/mol. The molecule has 188 valence electrons. The van der Waals surface area contributed by atoms with Gasteiger partial charge in [-0.3, -0.25) is 9.59 Å². The highest BCUT2D eigenvalue weighted by Crippen LogP contribution is 2.35. The third kappa shape index (κ3) is 4.55. The highest BCUT2D eigenvalue weighted by Gasteiger charge is 2.29. The number of hydrogen-bond donors (Lipinski definition) is 2. The van der Waals surface area contributed by atoms with Gasteiger partial charge in [0.05, 0.1) is 17.8 Å². The lowest BCUT2D eigenvalue weighted by molar-refractivity contribution is 0.0694. The van der Waals surface area contributed by atoms with Gasteiger partial charge in [-0.25, -0.2) is 14.3 Å². The van der Waals surface area contributed by atoms with E-state index in [1.165, 1.54) is 16.8 Å². The first-order valence-electron chi connectivity index (χ1n) is 12.2. The number of carbonyl (C=O) groups is 3. The summed E-state index contributed by atoms with van der Waals surface area (Å²) in [6.45, 7) is 4.62. The van der Waals surface area contributed by atoms with Gasteiger partial charge in [0.15, 0.2) is 5.65 Å². The second kappa shape index (κ2) is 9.85. The smallest absolute Gasteiger partial charge is 0.335 e. The van der Waals surface area contributed by atoms with Crippen molar-refractivity contribution in [3.8, 4) is 0 Å². The van der Waals surface area contributed by atoms with Crippen LogP contribution in [0, 0.1) is 6.92 Å². The first-order valence-corrected chi connectivity index (χ1v) is 12.2. The van der Waals surface area contributed by atoms with Gasteiger partial charge >= 0.3 is 5.97 Å². The van der Waals surface area contributed by atoms with Crippen molar-refractivity contribution in [2.45, 2.75) is 39.3 Å². The van der Waals surface area contributed by atoms with E-state index in [-0.39, 0.29) is 34.8 Å². The van der Waals surface area contributed by atoms with Gasteiger partial charge in [-0.2, -0.15) is 5.10 Å². The van der Waals surface area contributed by atoms with Crippen molar-refractivity contribution in [2.75, 3.05) is 6.54 Å². The lowest BCUT2D eigenvalue weighted by Crippen LogP contribution is -2.33. The maximum absolute atomic E-state index is 13.5. The molecule has 0 radical (unpaired) electrons. The molecule has 0 aliphatic heterocycles. The zero-order chi connectivity index (χ0) is 26.1. The Bertz CT molecular complexity index is 1510. The normalized spacial score (nSPS) is 14.4. The zero-order valence-corrected chi connectivity index (χ0v) is 20.6. The van der Waals surface area contributed by atoms with E-state index in [0.717, 1.165) is 22.3 Å². The van der Waals surface area contributed by atoms with Crippen LogP contribution in [0.1, 0.15) is 73.0 Å². The van der Waals surface area contributed by atoms with E-state index in [0.29, 0.717) is 31.6 Å². The van der Waals surface area contributed by atoms with Crippen molar-refractivity contribution >= 4 is 23.4 Å². The maximum atomic E-state index is 13.5. The second-order valence-electron chi connectivity index (χ2n) is 9.11. The van der Waals surface area contributed by atoms with Gasteiger partial charge in [0.1, 0.15) is 11.4 Å². The molecule has 0 unspecified atom stereocenters. The number of fused-ring (bicyclic) bond motifs is 2. The standard InChI is InChI=1S/C28H27N5O4/c1-3-32(16-18-7-5-4-6-8-18)27(35)23-15-24(33-25(30-23)13-14-29-33)26(34)31-22-12-11-19-17(2)20(28(36)37)9-10-21(19)22/h4-10,13-15,22H,3,11-12,16H2,1-2H3,(H,31,34)(H,36,37)/t22-/m0/s1. The van der Waals surface area contributed by atoms with Crippen molar-refractivity contribution in [3.63, 3.8) is 0 Å². The quantitative estimate of drug-likeness (QED) is 0.401. The summed E-state index contributed by atoms with van der Waals surface area (Å²) in [5, 5.41) is 16.7. The van der Waals surface area contributed by atoms with Crippen LogP contribution in [0.2, 0.25) is 0 Å². The van der Waals surface area contributed by atoms with Crippen LogP contribution in [0.5, 0.6) is 0 Å². The van der Waals surface area contributed by atoms with Crippen LogP contribution in [-0.2, 0) is 13.0 Å². The summed E-state index contributed by atoms with van der Waals surface area (Å²) in [7, 11) is 0. The molecule has 2 heterocycles. The molecule has 37 heavy (non-hydrogen) atoms. The molecule has 1 atom stereocenters. The molecule has 9 heteroatoms. The van der Waals surface area contributed by atoms with Crippen LogP contribution < -0.4 is 5.32 Å². The van der Waals surface area contributed by atoms with Crippen LogP contribution in [-0.4, -0.2) is 48.9 Å². The van der Waals surface area contributed by atoms with E-state index in [2.05, 4.69) is 15.4 Å². The number of rotatable bonds is 7. The molecule has 2 aromatic carbocycles. The van der Waals surface area contributed by atoms with Gasteiger partial charge in [-0.15, -0.1) is 0 Å². The number of carbonyl (C=O) groups excluding carboxylic acids is 2. The highest BCUT2D eigenvalue weighted by atomic mass is 16.4. The Labute approximate surface area is 213 Å². The minimum Gasteiger partial charge on any atom is -0.478 e. The summed E-state index contributed by atoms with van der Waals surface area (Å²) >= 11 is 0. The van der Waals surface area contributed by atoms with Crippen LogP contribution in [0.3, 0.4) is 0 Å². The zero-order valence-electron chi connectivity index (χ0n) is 20.6. The number of aromatic nitrogens is 3. The largest absolute Gasteiger partial charge is 0.478 e. The van der Waals surface area contributed by atoms with E-state index in [1.807, 2.05) is 37.3 Å². The van der Waals surface area contributed by atoms with Crippen molar-refractivity contribution in [2.24, 2.45) is 0 Å². The minimum atomic E-state index is -0.962. The van der Waals surface area contributed by atoms with Gasteiger partial charge in [-0.05, 0) is 55.0 Å². The molecular weight excluding hydrogens is 470 g/mol. The number of hydrogen-bond acceptors (Lipinski definition) is 5. The number of nitrogens with zero attached hydrogens (tertiary/aromatic N) is 4. The predicted octanol–water partition coefficient (Wildman–Crippen LogP) is 3.82. The molecule has 1 aliphatic rings. The summed E-state index contributed by atoms with van der Waals surface area (Å²) in [4.78, 5) is 44.5. The fourth-order valence-electron chi connectivity index (χ4n) is 4.97. The second-order valence-corrected chi connectivity index (χ2v) is 9.11. The average molecular weight is 498 g/mol. The molecule has 2 N–H and O–H groups in total. The van der Waals surface area contributed by atoms with Crippen molar-refractivity contribution in [3.05, 3.63) is 100.0 Å². The third-order valence-corrected chi connectivity index (χ3v) is 6.93. The number of aromatic carboxylic acids is 1. The van der Waals surface area contributed by atoms with Gasteiger partial charge in [0.2, 0.25) is 0 Å². The number of benzene rings is 2. The molecule has 0 saturated heterocycles. The van der Waals surface area contributed by atoms with E-state index in [4.69, 9.17) is 0 Å². The molecule has 5 rings (SSSR count). The maximum Gasteiger partial charge on any atom is 0.335 e. The molecule has 0 saturated carbocycles. The fourth-order valence-corrected chi connectivity index (χ4v) is 4.97. The summed E-state index contributed by atoms with van der Waals surface area (Å²) in [6, 6.07) is 15.9. The van der Waals surface area contributed by atoms with Crippen LogP contribution in [0.4, 0.5) is 0 Å². The van der Waals surface area contributed by atoms with E-state index in [1.54, 1.807) is 30.0 Å². The Morgan fingerprint density at radius 3 is 2.65 bits per heavy atom. The Morgan fingerprint density at radius 2 is 1.92 bits per heavy atom. The van der Waals surface area contributed by atoms with Crippen molar-refractivity contribution in [1.82, 2.24) is 24.8 Å². The summed E-state index contributed by atoms with van der Waals surface area (Å²) in [6.07, 6.45) is 2.87. The fraction of sp³-hybridized carbons (Fsp3) is 0.250. The number of carboxylic acids is 1. The van der Waals surface area contributed by atoms with Gasteiger partial charge in [-0.1, -0.05) is 36.4 Å². The molecule has 9 nitrogen and oxygen atoms in total.